The van der Waals surface area contributed by atoms with Crippen molar-refractivity contribution in [3.05, 3.63) is 28.2 Å². The molecule has 1 aromatic heterocycles. The highest BCUT2D eigenvalue weighted by molar-refractivity contribution is 9.10. The molecule has 0 aliphatic rings. The van der Waals surface area contributed by atoms with E-state index in [0.29, 0.717) is 9.99 Å². The van der Waals surface area contributed by atoms with E-state index in [1.165, 1.54) is 6.07 Å². The molecular weight excluding hydrogens is 343 g/mol. The number of hydrogen-bond acceptors (Lipinski definition) is 1. The van der Waals surface area contributed by atoms with Gasteiger partial charge in [0.25, 0.3) is 0 Å². The molecule has 0 radical (unpaired) electrons. The molecule has 2 aromatic rings. The summed E-state index contributed by atoms with van der Waals surface area (Å²) in [6.45, 7) is 9.31. The number of aromatic nitrogens is 2. The number of nitrogens with zero attached hydrogens (tertiary/aromatic N) is 2. The van der Waals surface area contributed by atoms with Crippen LogP contribution < -0.4 is 0 Å². The predicted molar refractivity (Wildman–Crippen MR) is 85.7 cm³/mol. The second-order valence-electron chi connectivity index (χ2n) is 6.30. The second kappa shape index (κ2) is 5.64. The lowest BCUT2D eigenvalue weighted by Gasteiger charge is -2.20. The number of hydrogen-bond donors (Lipinski definition) is 0. The third-order valence-corrected chi connectivity index (χ3v) is 4.06. The van der Waals surface area contributed by atoms with Gasteiger partial charge in [-0.25, -0.2) is 9.37 Å². The summed E-state index contributed by atoms with van der Waals surface area (Å²) >= 11 is 9.46. The van der Waals surface area contributed by atoms with Crippen LogP contribution in [0.3, 0.4) is 0 Å². The molecule has 1 aromatic carbocycles. The zero-order valence-electron chi connectivity index (χ0n) is 12.2. The highest BCUT2D eigenvalue weighted by Crippen LogP contribution is 2.30. The lowest BCUT2D eigenvalue weighted by Crippen LogP contribution is -2.12. The van der Waals surface area contributed by atoms with Crippen molar-refractivity contribution < 1.29 is 4.39 Å². The Morgan fingerprint density at radius 1 is 1.40 bits per heavy atom. The van der Waals surface area contributed by atoms with Gasteiger partial charge in [-0.1, -0.05) is 20.8 Å². The van der Waals surface area contributed by atoms with Crippen molar-refractivity contribution >= 4 is 38.6 Å². The molecule has 2 rings (SSSR count). The third kappa shape index (κ3) is 3.34. The number of fused-ring (bicyclic) bond motifs is 1. The Hall–Kier alpha value is -0.610. The van der Waals surface area contributed by atoms with Gasteiger partial charge in [-0.2, -0.15) is 0 Å². The fourth-order valence-corrected chi connectivity index (χ4v) is 2.62. The van der Waals surface area contributed by atoms with E-state index in [-0.39, 0.29) is 16.6 Å². The fraction of sp³-hybridized carbons (Fsp3) is 0.533. The summed E-state index contributed by atoms with van der Waals surface area (Å²) in [5, 5.41) is -0.204. The average Bonchev–Trinajstić information content (AvgIpc) is 2.64. The van der Waals surface area contributed by atoms with Crippen LogP contribution in [0.5, 0.6) is 0 Å². The number of halogens is 3. The zero-order chi connectivity index (χ0) is 15.1. The van der Waals surface area contributed by atoms with E-state index >= 15 is 0 Å². The molecule has 0 aliphatic carbocycles. The van der Waals surface area contributed by atoms with Crippen LogP contribution >= 0.6 is 27.5 Å². The van der Waals surface area contributed by atoms with Crippen molar-refractivity contribution in [1.82, 2.24) is 9.55 Å². The van der Waals surface area contributed by atoms with Crippen molar-refractivity contribution in [3.63, 3.8) is 0 Å². The molecule has 110 valence electrons. The van der Waals surface area contributed by atoms with E-state index < -0.39 is 0 Å². The molecular formula is C15H19BrClFN2. The Bertz CT molecular complexity index is 629. The summed E-state index contributed by atoms with van der Waals surface area (Å²) in [6, 6.07) is 3.23. The Morgan fingerprint density at radius 3 is 2.60 bits per heavy atom. The van der Waals surface area contributed by atoms with Crippen molar-refractivity contribution in [1.29, 1.82) is 0 Å². The molecule has 0 spiro atoms. The quantitative estimate of drug-likeness (QED) is 0.644. The van der Waals surface area contributed by atoms with Gasteiger partial charge in [0, 0.05) is 12.6 Å². The normalized spacial score (nSPS) is 13.9. The maximum absolute atomic E-state index is 13.6. The van der Waals surface area contributed by atoms with Gasteiger partial charge in [-0.05, 0) is 40.8 Å². The van der Waals surface area contributed by atoms with Crippen LogP contribution in [0.1, 0.15) is 45.3 Å². The smallest absolute Gasteiger partial charge is 0.139 e. The molecule has 5 heteroatoms. The topological polar surface area (TPSA) is 17.8 Å². The fourth-order valence-electron chi connectivity index (χ4n) is 2.12. The van der Waals surface area contributed by atoms with Crippen LogP contribution in [-0.4, -0.2) is 9.55 Å². The van der Waals surface area contributed by atoms with Crippen LogP contribution in [0.15, 0.2) is 16.6 Å². The summed E-state index contributed by atoms with van der Waals surface area (Å²) < 4.78 is 16.2. The predicted octanol–water partition coefficient (Wildman–Crippen LogP) is 5.67. The molecule has 1 unspecified atom stereocenters. The van der Waals surface area contributed by atoms with Gasteiger partial charge >= 0.3 is 0 Å². The third-order valence-electron chi connectivity index (χ3n) is 3.26. The molecule has 1 heterocycles. The van der Waals surface area contributed by atoms with Crippen LogP contribution in [-0.2, 0) is 6.54 Å². The van der Waals surface area contributed by atoms with Crippen molar-refractivity contribution in [2.45, 2.75) is 46.0 Å². The van der Waals surface area contributed by atoms with Crippen LogP contribution in [0.25, 0.3) is 11.0 Å². The summed E-state index contributed by atoms with van der Waals surface area (Å²) in [6.07, 6.45) is 1.00. The van der Waals surface area contributed by atoms with Gasteiger partial charge < -0.3 is 4.57 Å². The van der Waals surface area contributed by atoms with Gasteiger partial charge in [0.2, 0.25) is 0 Å². The van der Waals surface area contributed by atoms with E-state index in [1.807, 2.05) is 6.92 Å². The molecule has 0 fully saturated rings. The highest BCUT2D eigenvalue weighted by atomic mass is 79.9. The summed E-state index contributed by atoms with van der Waals surface area (Å²) in [5.74, 6) is 0.496. The summed E-state index contributed by atoms with van der Waals surface area (Å²) in [4.78, 5) is 4.48. The minimum absolute atomic E-state index is 0.204. The number of benzene rings is 1. The Morgan fingerprint density at radius 2 is 2.05 bits per heavy atom. The van der Waals surface area contributed by atoms with E-state index in [9.17, 15) is 4.39 Å². The van der Waals surface area contributed by atoms with Gasteiger partial charge in [0.05, 0.1) is 20.9 Å². The van der Waals surface area contributed by atoms with Crippen molar-refractivity contribution in [2.75, 3.05) is 0 Å². The van der Waals surface area contributed by atoms with Crippen molar-refractivity contribution in [3.8, 4) is 0 Å². The van der Waals surface area contributed by atoms with E-state index in [2.05, 4.69) is 46.3 Å². The van der Waals surface area contributed by atoms with Gasteiger partial charge in [0.15, 0.2) is 0 Å². The van der Waals surface area contributed by atoms with Gasteiger partial charge in [-0.3, -0.25) is 0 Å². The largest absolute Gasteiger partial charge is 0.327 e. The van der Waals surface area contributed by atoms with Crippen LogP contribution in [0, 0.1) is 11.2 Å². The number of alkyl halides is 1. The minimum atomic E-state index is -0.299. The number of rotatable bonds is 3. The molecule has 1 atom stereocenters. The zero-order valence-corrected chi connectivity index (χ0v) is 14.5. The Kier molecular flexibility index (Phi) is 4.45. The molecule has 0 N–H and O–H groups in total. The SMILES string of the molecule is CC(Cl)c1nc2cc(F)c(Br)cc2n1CCC(C)(C)C. The van der Waals surface area contributed by atoms with Crippen LogP contribution in [0.4, 0.5) is 4.39 Å². The molecule has 0 amide bonds. The average molecular weight is 362 g/mol. The summed E-state index contributed by atoms with van der Waals surface area (Å²) in [5.41, 5.74) is 1.80. The molecule has 0 saturated carbocycles. The molecule has 20 heavy (non-hydrogen) atoms. The standard InChI is InChI=1S/C15H19BrClFN2/c1-9(17)14-19-12-8-11(18)10(16)7-13(12)20(14)6-5-15(2,3)4/h7-9H,5-6H2,1-4H3. The first kappa shape index (κ1) is 15.8. The monoisotopic (exact) mass is 360 g/mol. The van der Waals surface area contributed by atoms with E-state index in [1.54, 1.807) is 6.07 Å². The lowest BCUT2D eigenvalue weighted by atomic mass is 9.92. The first-order valence-corrected chi connectivity index (χ1v) is 7.91. The maximum Gasteiger partial charge on any atom is 0.139 e. The summed E-state index contributed by atoms with van der Waals surface area (Å²) in [7, 11) is 0. The first-order valence-electron chi connectivity index (χ1n) is 6.68. The number of aryl methyl sites for hydroxylation is 1. The minimum Gasteiger partial charge on any atom is -0.327 e. The van der Waals surface area contributed by atoms with Gasteiger partial charge in [0.1, 0.15) is 11.6 Å². The lowest BCUT2D eigenvalue weighted by molar-refractivity contribution is 0.350. The number of imidazole rings is 1. The van der Waals surface area contributed by atoms with Crippen LogP contribution in [0.2, 0.25) is 0 Å². The van der Waals surface area contributed by atoms with Gasteiger partial charge in [-0.15, -0.1) is 11.6 Å². The first-order chi connectivity index (χ1) is 9.19. The Labute approximate surface area is 132 Å². The maximum atomic E-state index is 13.6. The second-order valence-corrected chi connectivity index (χ2v) is 7.81. The molecule has 0 saturated heterocycles. The van der Waals surface area contributed by atoms with Crippen molar-refractivity contribution in [2.24, 2.45) is 5.41 Å². The Balaban J connectivity index is 2.53. The molecule has 0 aliphatic heterocycles. The molecule has 2 nitrogen and oxygen atoms in total. The molecule has 0 bridgehead atoms. The van der Waals surface area contributed by atoms with E-state index in [0.717, 1.165) is 24.3 Å². The highest BCUT2D eigenvalue weighted by Gasteiger charge is 2.19. The van der Waals surface area contributed by atoms with E-state index in [4.69, 9.17) is 11.6 Å².